The standard InChI is InChI=1S/C25H29FN4O3/c26-20-8-6-18(7-9-20)16-29-13-10-19(11-14-29)25(22-5-1-2-12-27-22)23(31)30(24(32)28-25)17-21-4-3-15-33-21/h1-2,5-9,12,19,21H,3-4,10-11,13-17H2,(H,28,32)/t21-,25+/m0/s1. The van der Waals surface area contributed by atoms with Crippen LogP contribution >= 0.6 is 0 Å². The van der Waals surface area contributed by atoms with Crippen LogP contribution in [0.2, 0.25) is 0 Å². The fourth-order valence-electron chi connectivity index (χ4n) is 5.38. The van der Waals surface area contributed by atoms with Crippen molar-refractivity contribution in [3.8, 4) is 0 Å². The normalized spacial score (nSPS) is 26.7. The molecule has 7 nitrogen and oxygen atoms in total. The number of carbonyl (C=O) groups is 2. The number of amides is 3. The predicted molar refractivity (Wildman–Crippen MR) is 120 cm³/mol. The van der Waals surface area contributed by atoms with Gasteiger partial charge in [0.1, 0.15) is 5.82 Å². The summed E-state index contributed by atoms with van der Waals surface area (Å²) in [6.07, 6.45) is 4.87. The Morgan fingerprint density at radius 3 is 2.55 bits per heavy atom. The van der Waals surface area contributed by atoms with Gasteiger partial charge in [-0.25, -0.2) is 9.18 Å². The third-order valence-corrected chi connectivity index (χ3v) is 7.13. The number of nitrogens with zero attached hydrogens (tertiary/aromatic N) is 3. The minimum Gasteiger partial charge on any atom is -0.376 e. The van der Waals surface area contributed by atoms with Crippen LogP contribution in [-0.2, 0) is 21.6 Å². The third kappa shape index (κ3) is 4.25. The molecule has 3 aliphatic heterocycles. The minimum atomic E-state index is -1.15. The van der Waals surface area contributed by atoms with Crippen LogP contribution in [0, 0.1) is 11.7 Å². The van der Waals surface area contributed by atoms with Gasteiger partial charge in [0.05, 0.1) is 18.3 Å². The smallest absolute Gasteiger partial charge is 0.325 e. The van der Waals surface area contributed by atoms with Gasteiger partial charge in [-0.3, -0.25) is 19.6 Å². The van der Waals surface area contributed by atoms with Gasteiger partial charge in [-0.2, -0.15) is 0 Å². The van der Waals surface area contributed by atoms with E-state index >= 15 is 0 Å². The maximum Gasteiger partial charge on any atom is 0.325 e. The molecule has 1 N–H and O–H groups in total. The van der Waals surface area contributed by atoms with Crippen LogP contribution in [-0.4, -0.2) is 59.1 Å². The average Bonchev–Trinajstić information content (AvgIpc) is 3.44. The largest absolute Gasteiger partial charge is 0.376 e. The molecule has 33 heavy (non-hydrogen) atoms. The Balaban J connectivity index is 1.35. The van der Waals surface area contributed by atoms with Gasteiger partial charge in [-0.1, -0.05) is 18.2 Å². The molecule has 5 rings (SSSR count). The fraction of sp³-hybridized carbons (Fsp3) is 0.480. The number of benzene rings is 1. The van der Waals surface area contributed by atoms with Crippen molar-refractivity contribution in [1.82, 2.24) is 20.1 Å². The maximum atomic E-state index is 13.8. The van der Waals surface area contributed by atoms with Gasteiger partial charge in [0.25, 0.3) is 5.91 Å². The van der Waals surface area contributed by atoms with Gasteiger partial charge in [0.15, 0.2) is 5.54 Å². The summed E-state index contributed by atoms with van der Waals surface area (Å²) in [5.74, 6) is -0.528. The van der Waals surface area contributed by atoms with Gasteiger partial charge in [-0.15, -0.1) is 0 Å². The molecule has 4 heterocycles. The van der Waals surface area contributed by atoms with Crippen LogP contribution in [0.3, 0.4) is 0 Å². The second-order valence-electron chi connectivity index (χ2n) is 9.18. The minimum absolute atomic E-state index is 0.0668. The van der Waals surface area contributed by atoms with Gasteiger partial charge in [0.2, 0.25) is 0 Å². The van der Waals surface area contributed by atoms with Crippen molar-refractivity contribution in [2.75, 3.05) is 26.2 Å². The summed E-state index contributed by atoms with van der Waals surface area (Å²) in [5, 5.41) is 3.06. The summed E-state index contributed by atoms with van der Waals surface area (Å²) in [6.45, 7) is 3.25. The molecule has 0 spiro atoms. The number of halogens is 1. The number of urea groups is 1. The van der Waals surface area contributed by atoms with E-state index in [1.54, 1.807) is 18.3 Å². The highest BCUT2D eigenvalue weighted by Crippen LogP contribution is 2.41. The van der Waals surface area contributed by atoms with Crippen molar-refractivity contribution >= 4 is 11.9 Å². The molecule has 1 aromatic carbocycles. The van der Waals surface area contributed by atoms with E-state index in [-0.39, 0.29) is 36.3 Å². The zero-order valence-electron chi connectivity index (χ0n) is 18.6. The molecule has 3 saturated heterocycles. The lowest BCUT2D eigenvalue weighted by molar-refractivity contribution is -0.135. The van der Waals surface area contributed by atoms with E-state index in [0.29, 0.717) is 12.3 Å². The second kappa shape index (κ2) is 9.19. The molecule has 174 valence electrons. The van der Waals surface area contributed by atoms with Gasteiger partial charge >= 0.3 is 6.03 Å². The zero-order chi connectivity index (χ0) is 22.8. The van der Waals surface area contributed by atoms with Crippen LogP contribution < -0.4 is 5.32 Å². The summed E-state index contributed by atoms with van der Waals surface area (Å²) in [5.41, 5.74) is 0.497. The Labute approximate surface area is 192 Å². The van der Waals surface area contributed by atoms with E-state index in [1.807, 2.05) is 18.2 Å². The van der Waals surface area contributed by atoms with E-state index in [2.05, 4.69) is 15.2 Å². The maximum absolute atomic E-state index is 13.8. The molecular weight excluding hydrogens is 423 g/mol. The lowest BCUT2D eigenvalue weighted by atomic mass is 9.75. The van der Waals surface area contributed by atoms with Crippen LogP contribution in [0.5, 0.6) is 0 Å². The van der Waals surface area contributed by atoms with Crippen molar-refractivity contribution < 1.29 is 18.7 Å². The molecule has 2 atom stereocenters. The molecule has 3 aliphatic rings. The van der Waals surface area contributed by atoms with E-state index in [0.717, 1.165) is 50.9 Å². The van der Waals surface area contributed by atoms with Gasteiger partial charge in [-0.05, 0) is 74.5 Å². The number of pyridine rings is 1. The second-order valence-corrected chi connectivity index (χ2v) is 9.18. The number of carbonyl (C=O) groups excluding carboxylic acids is 2. The molecule has 2 aromatic rings. The van der Waals surface area contributed by atoms with Crippen molar-refractivity contribution in [3.63, 3.8) is 0 Å². The number of hydrogen-bond donors (Lipinski definition) is 1. The first-order chi connectivity index (χ1) is 16.1. The number of aromatic nitrogens is 1. The molecule has 0 aliphatic carbocycles. The van der Waals surface area contributed by atoms with Crippen molar-refractivity contribution in [3.05, 3.63) is 65.7 Å². The quantitative estimate of drug-likeness (QED) is 0.682. The number of piperidine rings is 1. The number of rotatable bonds is 6. The van der Waals surface area contributed by atoms with E-state index in [4.69, 9.17) is 4.74 Å². The van der Waals surface area contributed by atoms with Crippen LogP contribution in [0.4, 0.5) is 9.18 Å². The van der Waals surface area contributed by atoms with E-state index in [1.165, 1.54) is 17.0 Å². The van der Waals surface area contributed by atoms with Crippen molar-refractivity contribution in [2.24, 2.45) is 5.92 Å². The van der Waals surface area contributed by atoms with Crippen LogP contribution in [0.15, 0.2) is 48.7 Å². The molecule has 0 bridgehead atoms. The Bertz CT molecular complexity index is 988. The lowest BCUT2D eigenvalue weighted by Gasteiger charge is -2.40. The Morgan fingerprint density at radius 1 is 1.09 bits per heavy atom. The summed E-state index contributed by atoms with van der Waals surface area (Å²) in [6, 6.07) is 11.7. The average molecular weight is 453 g/mol. The highest BCUT2D eigenvalue weighted by atomic mass is 19.1. The zero-order valence-corrected chi connectivity index (χ0v) is 18.6. The van der Waals surface area contributed by atoms with Crippen molar-refractivity contribution in [2.45, 2.75) is 43.9 Å². The first-order valence-electron chi connectivity index (χ1n) is 11.7. The number of hydrogen-bond acceptors (Lipinski definition) is 5. The summed E-state index contributed by atoms with van der Waals surface area (Å²) < 4.78 is 18.9. The van der Waals surface area contributed by atoms with Crippen LogP contribution in [0.1, 0.15) is 36.9 Å². The Kier molecular flexibility index (Phi) is 6.12. The molecule has 0 radical (unpaired) electrons. The third-order valence-electron chi connectivity index (χ3n) is 7.13. The number of nitrogens with one attached hydrogen (secondary N) is 1. The Hall–Kier alpha value is -2.84. The summed E-state index contributed by atoms with van der Waals surface area (Å²) >= 11 is 0. The lowest BCUT2D eigenvalue weighted by Crippen LogP contribution is -2.54. The SMILES string of the molecule is O=C1N[C@@](c2ccccn2)(C2CCN(Cc3ccc(F)cc3)CC2)C(=O)N1C[C@@H]1CCCO1. The molecule has 0 saturated carbocycles. The number of ether oxygens (including phenoxy) is 1. The highest BCUT2D eigenvalue weighted by molar-refractivity contribution is 6.07. The summed E-state index contributed by atoms with van der Waals surface area (Å²) in [4.78, 5) is 35.0. The number of imide groups is 1. The highest BCUT2D eigenvalue weighted by Gasteiger charge is 2.58. The summed E-state index contributed by atoms with van der Waals surface area (Å²) in [7, 11) is 0. The predicted octanol–water partition coefficient (Wildman–Crippen LogP) is 3.06. The van der Waals surface area contributed by atoms with E-state index in [9.17, 15) is 14.0 Å². The van der Waals surface area contributed by atoms with Gasteiger partial charge < -0.3 is 10.1 Å². The van der Waals surface area contributed by atoms with Crippen molar-refractivity contribution in [1.29, 1.82) is 0 Å². The molecule has 0 unspecified atom stereocenters. The monoisotopic (exact) mass is 452 g/mol. The first kappa shape index (κ1) is 22.0. The Morgan fingerprint density at radius 2 is 1.88 bits per heavy atom. The van der Waals surface area contributed by atoms with Crippen LogP contribution in [0.25, 0.3) is 0 Å². The van der Waals surface area contributed by atoms with Gasteiger partial charge in [0, 0.05) is 19.3 Å². The molecule has 8 heteroatoms. The molecule has 1 aromatic heterocycles. The molecular formula is C25H29FN4O3. The first-order valence-corrected chi connectivity index (χ1v) is 11.7. The number of likely N-dealkylation sites (tertiary alicyclic amines) is 1. The molecule has 3 amide bonds. The van der Waals surface area contributed by atoms with E-state index < -0.39 is 5.54 Å². The molecule has 3 fully saturated rings. The topological polar surface area (TPSA) is 74.8 Å². The fourth-order valence-corrected chi connectivity index (χ4v) is 5.38.